The fourth-order valence-corrected chi connectivity index (χ4v) is 3.75. The van der Waals surface area contributed by atoms with E-state index in [1.807, 2.05) is 57.2 Å². The van der Waals surface area contributed by atoms with Gasteiger partial charge in [-0.1, -0.05) is 25.1 Å². The molecule has 3 amide bonds. The summed E-state index contributed by atoms with van der Waals surface area (Å²) in [5, 5.41) is 2.29. The topological polar surface area (TPSA) is 75.7 Å². The Labute approximate surface area is 186 Å². The van der Waals surface area contributed by atoms with Crippen LogP contribution >= 0.6 is 11.8 Å². The van der Waals surface area contributed by atoms with Gasteiger partial charge in [-0.15, -0.1) is 0 Å². The van der Waals surface area contributed by atoms with Crippen molar-refractivity contribution in [2.24, 2.45) is 0 Å². The van der Waals surface area contributed by atoms with Gasteiger partial charge in [-0.05, 0) is 86.0 Å². The molecule has 1 saturated heterocycles. The van der Waals surface area contributed by atoms with Crippen molar-refractivity contribution in [3.8, 4) is 5.75 Å². The highest BCUT2D eigenvalue weighted by atomic mass is 32.2. The minimum atomic E-state index is -0.467. The van der Waals surface area contributed by atoms with Gasteiger partial charge in [0.15, 0.2) is 0 Å². The molecule has 6 nitrogen and oxygen atoms in total. The zero-order chi connectivity index (χ0) is 22.5. The minimum absolute atomic E-state index is 0.123. The number of anilines is 1. The number of hydrogen-bond donors (Lipinski definition) is 1. The van der Waals surface area contributed by atoms with Gasteiger partial charge in [-0.25, -0.2) is 0 Å². The van der Waals surface area contributed by atoms with Crippen molar-refractivity contribution in [1.82, 2.24) is 4.90 Å². The van der Waals surface area contributed by atoms with Crippen LogP contribution in [0.25, 0.3) is 6.08 Å². The molecule has 1 fully saturated rings. The maximum atomic E-state index is 12.7. The van der Waals surface area contributed by atoms with E-state index in [4.69, 9.17) is 4.74 Å². The number of imide groups is 1. The summed E-state index contributed by atoms with van der Waals surface area (Å²) in [7, 11) is 0. The average molecular weight is 439 g/mol. The number of aryl methyl sites for hydroxylation is 2. The molecule has 2 aromatic carbocycles. The van der Waals surface area contributed by atoms with E-state index < -0.39 is 17.1 Å². The molecule has 1 aliphatic heterocycles. The molecule has 0 radical (unpaired) electrons. The summed E-state index contributed by atoms with van der Waals surface area (Å²) in [5.74, 6) is -0.133. The standard InChI is InChI=1S/C24H26N2O4S/c1-5-17(4)30-20-10-7-18(8-11-20)13-21-23(28)26(24(29)31-21)14-22(27)25-19-9-6-15(2)16(3)12-19/h6-13,17H,5,14H2,1-4H3,(H,25,27)/b21-13+/t17-/m0/s1. The van der Waals surface area contributed by atoms with Gasteiger partial charge in [0.1, 0.15) is 12.3 Å². The molecular weight excluding hydrogens is 412 g/mol. The van der Waals surface area contributed by atoms with Crippen LogP contribution in [-0.4, -0.2) is 34.6 Å². The number of benzene rings is 2. The first kappa shape index (κ1) is 22.6. The summed E-state index contributed by atoms with van der Waals surface area (Å²) in [6.45, 7) is 7.67. The second-order valence-electron chi connectivity index (χ2n) is 7.52. The maximum absolute atomic E-state index is 12.7. The summed E-state index contributed by atoms with van der Waals surface area (Å²) >= 11 is 0.835. The molecule has 0 spiro atoms. The molecule has 1 aliphatic rings. The third-order valence-electron chi connectivity index (χ3n) is 5.06. The van der Waals surface area contributed by atoms with Gasteiger partial charge in [-0.3, -0.25) is 19.3 Å². The molecule has 0 aliphatic carbocycles. The predicted molar refractivity (Wildman–Crippen MR) is 124 cm³/mol. The van der Waals surface area contributed by atoms with Crippen LogP contribution in [0.4, 0.5) is 10.5 Å². The highest BCUT2D eigenvalue weighted by Crippen LogP contribution is 2.32. The molecule has 1 atom stereocenters. The SMILES string of the molecule is CC[C@H](C)Oc1ccc(/C=C2/SC(=O)N(CC(=O)Nc3ccc(C)c(C)c3)C2=O)cc1. The highest BCUT2D eigenvalue weighted by molar-refractivity contribution is 8.18. The van der Waals surface area contributed by atoms with Crippen LogP contribution in [-0.2, 0) is 9.59 Å². The van der Waals surface area contributed by atoms with Crippen LogP contribution < -0.4 is 10.1 Å². The second-order valence-corrected chi connectivity index (χ2v) is 8.51. The quantitative estimate of drug-likeness (QED) is 0.605. The fraction of sp³-hybridized carbons (Fsp3) is 0.292. The molecule has 7 heteroatoms. The van der Waals surface area contributed by atoms with Crippen LogP contribution in [0, 0.1) is 13.8 Å². The van der Waals surface area contributed by atoms with E-state index in [0.29, 0.717) is 10.6 Å². The number of nitrogens with zero attached hydrogens (tertiary/aromatic N) is 1. The highest BCUT2D eigenvalue weighted by Gasteiger charge is 2.36. The second kappa shape index (κ2) is 9.83. The van der Waals surface area contributed by atoms with E-state index in [1.54, 1.807) is 12.1 Å². The molecule has 3 rings (SSSR count). The van der Waals surface area contributed by atoms with Gasteiger partial charge in [0.05, 0.1) is 11.0 Å². The van der Waals surface area contributed by atoms with E-state index in [1.165, 1.54) is 0 Å². The third-order valence-corrected chi connectivity index (χ3v) is 5.96. The number of hydrogen-bond acceptors (Lipinski definition) is 5. The summed E-state index contributed by atoms with van der Waals surface area (Å²) in [6, 6.07) is 12.9. The first-order valence-corrected chi connectivity index (χ1v) is 11.0. The number of carbonyl (C=O) groups is 3. The molecule has 0 bridgehead atoms. The van der Waals surface area contributed by atoms with Crippen molar-refractivity contribution in [3.63, 3.8) is 0 Å². The maximum Gasteiger partial charge on any atom is 0.294 e. The number of rotatable bonds is 7. The Bertz CT molecular complexity index is 1030. The third kappa shape index (κ3) is 5.76. The summed E-state index contributed by atoms with van der Waals surface area (Å²) in [6.07, 6.45) is 2.68. The normalized spacial score (nSPS) is 16.0. The van der Waals surface area contributed by atoms with Crippen LogP contribution in [0.2, 0.25) is 0 Å². The number of ether oxygens (including phenoxy) is 1. The zero-order valence-electron chi connectivity index (χ0n) is 18.1. The fourth-order valence-electron chi connectivity index (χ4n) is 2.91. The Morgan fingerprint density at radius 3 is 2.48 bits per heavy atom. The monoisotopic (exact) mass is 438 g/mol. The Balaban J connectivity index is 1.64. The average Bonchev–Trinajstić information content (AvgIpc) is 2.99. The first-order chi connectivity index (χ1) is 14.8. The number of thioether (sulfide) groups is 1. The Morgan fingerprint density at radius 1 is 1.13 bits per heavy atom. The minimum Gasteiger partial charge on any atom is -0.491 e. The molecule has 162 valence electrons. The van der Waals surface area contributed by atoms with E-state index in [9.17, 15) is 14.4 Å². The van der Waals surface area contributed by atoms with Gasteiger partial charge in [0.2, 0.25) is 5.91 Å². The van der Waals surface area contributed by atoms with E-state index in [-0.39, 0.29) is 12.6 Å². The molecule has 0 unspecified atom stereocenters. The number of amides is 3. The van der Waals surface area contributed by atoms with E-state index >= 15 is 0 Å². The lowest BCUT2D eigenvalue weighted by Crippen LogP contribution is -2.36. The van der Waals surface area contributed by atoms with Crippen LogP contribution in [0.15, 0.2) is 47.4 Å². The van der Waals surface area contributed by atoms with Gasteiger partial charge < -0.3 is 10.1 Å². The zero-order valence-corrected chi connectivity index (χ0v) is 18.9. The predicted octanol–water partition coefficient (Wildman–Crippen LogP) is 5.16. The Hall–Kier alpha value is -3.06. The van der Waals surface area contributed by atoms with Crippen LogP contribution in [0.5, 0.6) is 5.75 Å². The summed E-state index contributed by atoms with van der Waals surface area (Å²) in [5.41, 5.74) is 3.58. The lowest BCUT2D eigenvalue weighted by molar-refractivity contribution is -0.127. The lowest BCUT2D eigenvalue weighted by atomic mass is 10.1. The van der Waals surface area contributed by atoms with Gasteiger partial charge in [-0.2, -0.15) is 0 Å². The van der Waals surface area contributed by atoms with Crippen molar-refractivity contribution in [3.05, 3.63) is 64.1 Å². The molecule has 31 heavy (non-hydrogen) atoms. The van der Waals surface area contributed by atoms with E-state index in [2.05, 4.69) is 12.2 Å². The molecule has 1 N–H and O–H groups in total. The summed E-state index contributed by atoms with van der Waals surface area (Å²) < 4.78 is 5.75. The molecular formula is C24H26N2O4S. The van der Waals surface area contributed by atoms with Gasteiger partial charge in [0, 0.05) is 5.69 Å². The lowest BCUT2D eigenvalue weighted by Gasteiger charge is -2.13. The van der Waals surface area contributed by atoms with Crippen molar-refractivity contribution in [1.29, 1.82) is 0 Å². The van der Waals surface area contributed by atoms with E-state index in [0.717, 1.165) is 45.5 Å². The largest absolute Gasteiger partial charge is 0.491 e. The van der Waals surface area contributed by atoms with Crippen molar-refractivity contribution in [2.45, 2.75) is 40.2 Å². The molecule has 2 aromatic rings. The first-order valence-electron chi connectivity index (χ1n) is 10.2. The van der Waals surface area contributed by atoms with Crippen molar-refractivity contribution >= 4 is 40.6 Å². The number of nitrogens with one attached hydrogen (secondary N) is 1. The van der Waals surface area contributed by atoms with Crippen LogP contribution in [0.1, 0.15) is 37.0 Å². The summed E-state index contributed by atoms with van der Waals surface area (Å²) in [4.78, 5) is 38.6. The Kier molecular flexibility index (Phi) is 7.17. The smallest absolute Gasteiger partial charge is 0.294 e. The van der Waals surface area contributed by atoms with Gasteiger partial charge in [0.25, 0.3) is 11.1 Å². The Morgan fingerprint density at radius 2 is 1.84 bits per heavy atom. The molecule has 0 saturated carbocycles. The van der Waals surface area contributed by atoms with Crippen LogP contribution in [0.3, 0.4) is 0 Å². The van der Waals surface area contributed by atoms with Crippen molar-refractivity contribution < 1.29 is 19.1 Å². The molecule has 0 aromatic heterocycles. The van der Waals surface area contributed by atoms with Gasteiger partial charge >= 0.3 is 0 Å². The molecule has 1 heterocycles. The number of carbonyl (C=O) groups excluding carboxylic acids is 3. The van der Waals surface area contributed by atoms with Crippen molar-refractivity contribution in [2.75, 3.05) is 11.9 Å².